The Kier molecular flexibility index (Phi) is 6.76. The molecule has 0 aromatic rings. The van der Waals surface area contributed by atoms with Gasteiger partial charge in [-0.2, -0.15) is 0 Å². The number of amides is 1. The van der Waals surface area contributed by atoms with Gasteiger partial charge in [-0.15, -0.1) is 0 Å². The van der Waals surface area contributed by atoms with Crippen LogP contribution in [0.1, 0.15) is 65.2 Å². The molecule has 4 aliphatic rings. The van der Waals surface area contributed by atoms with Crippen molar-refractivity contribution < 1.29 is 38.4 Å². The van der Waals surface area contributed by atoms with Crippen molar-refractivity contribution in [3.8, 4) is 0 Å². The molecule has 0 radical (unpaired) electrons. The number of aliphatic hydroxyl groups excluding tert-OH is 1. The zero-order valence-electron chi connectivity index (χ0n) is 19.0. The molecule has 9 nitrogen and oxygen atoms in total. The molecule has 0 aromatic heterocycles. The van der Waals surface area contributed by atoms with Gasteiger partial charge in [0, 0.05) is 20.0 Å². The van der Waals surface area contributed by atoms with Crippen molar-refractivity contribution in [2.75, 3.05) is 7.11 Å². The average Bonchev–Trinajstić information content (AvgIpc) is 3.04. The van der Waals surface area contributed by atoms with Crippen molar-refractivity contribution in [2.24, 2.45) is 11.8 Å². The third-order valence-corrected chi connectivity index (χ3v) is 7.19. The van der Waals surface area contributed by atoms with Crippen LogP contribution in [0.15, 0.2) is 11.3 Å². The van der Waals surface area contributed by atoms with Crippen molar-refractivity contribution in [3.05, 3.63) is 11.3 Å². The van der Waals surface area contributed by atoms with Crippen LogP contribution in [0.2, 0.25) is 0 Å². The zero-order chi connectivity index (χ0) is 23.0. The smallest absolute Gasteiger partial charge is 0.431 e. The third-order valence-electron chi connectivity index (χ3n) is 7.19. The number of rotatable bonds is 6. The Morgan fingerprint density at radius 1 is 1.03 bits per heavy atom. The molecule has 2 unspecified atom stereocenters. The Balaban J connectivity index is 1.46. The molecule has 0 spiro atoms. The maximum atomic E-state index is 13.1. The fraction of sp³-hybridized carbons (Fsp3) is 0.783. The van der Waals surface area contributed by atoms with Crippen LogP contribution < -0.4 is 0 Å². The maximum Gasteiger partial charge on any atom is 0.511 e. The molecule has 0 bridgehead atoms. The number of β-lactam (4-membered cyclic amide) rings is 1. The highest BCUT2D eigenvalue weighted by atomic mass is 16.8. The largest absolute Gasteiger partial charge is 0.511 e. The van der Waals surface area contributed by atoms with E-state index in [1.54, 1.807) is 14.0 Å². The molecule has 3 fully saturated rings. The second-order valence-electron chi connectivity index (χ2n) is 9.25. The van der Waals surface area contributed by atoms with Crippen LogP contribution in [-0.4, -0.2) is 65.8 Å². The van der Waals surface area contributed by atoms with Gasteiger partial charge in [0.1, 0.15) is 11.8 Å². The fourth-order valence-electron chi connectivity index (χ4n) is 5.78. The number of carbonyl (C=O) groups is 3. The number of nitrogens with zero attached hydrogens (tertiary/aromatic N) is 1. The van der Waals surface area contributed by atoms with Crippen LogP contribution in [0.25, 0.3) is 0 Å². The minimum atomic E-state index is -1.17. The summed E-state index contributed by atoms with van der Waals surface area (Å²) in [6.45, 7) is 3.04. The number of hydrogen-bond acceptors (Lipinski definition) is 8. The molecule has 2 saturated carbocycles. The van der Waals surface area contributed by atoms with Gasteiger partial charge in [0.05, 0.1) is 24.2 Å². The van der Waals surface area contributed by atoms with Crippen LogP contribution in [0.3, 0.4) is 0 Å². The summed E-state index contributed by atoms with van der Waals surface area (Å²) in [5, 5.41) is 10.1. The highest BCUT2D eigenvalue weighted by molar-refractivity contribution is 6.01. The van der Waals surface area contributed by atoms with E-state index in [4.69, 9.17) is 18.9 Å². The van der Waals surface area contributed by atoms with E-state index in [0.717, 1.165) is 56.9 Å². The average molecular weight is 452 g/mol. The van der Waals surface area contributed by atoms with Crippen LogP contribution in [0.4, 0.5) is 4.79 Å². The summed E-state index contributed by atoms with van der Waals surface area (Å²) in [7, 11) is 1.58. The summed E-state index contributed by atoms with van der Waals surface area (Å²) >= 11 is 0. The van der Waals surface area contributed by atoms with Crippen molar-refractivity contribution in [1.29, 1.82) is 0 Å². The quantitative estimate of drug-likeness (QED) is 0.373. The number of ether oxygens (including phenoxy) is 4. The first-order valence-corrected chi connectivity index (χ1v) is 11.7. The SMILES string of the molecule is CO[C@H]1CCC[C@H]2C1=C(C(=O)OC(C)OC(=O)OC1CCCCC1)N1C(=O)[C@H](C(C)O)[C@@H]21. The van der Waals surface area contributed by atoms with Crippen molar-refractivity contribution in [2.45, 2.75) is 95.9 Å². The van der Waals surface area contributed by atoms with E-state index in [-0.39, 0.29) is 35.8 Å². The second-order valence-corrected chi connectivity index (χ2v) is 9.25. The van der Waals surface area contributed by atoms with Gasteiger partial charge in [0.15, 0.2) is 0 Å². The lowest BCUT2D eigenvalue weighted by Gasteiger charge is -2.47. The Hall–Kier alpha value is -2.13. The number of hydrogen-bond donors (Lipinski definition) is 1. The lowest BCUT2D eigenvalue weighted by atomic mass is 9.72. The molecule has 6 atom stereocenters. The monoisotopic (exact) mass is 451 g/mol. The molecule has 178 valence electrons. The number of esters is 1. The molecule has 1 N–H and O–H groups in total. The van der Waals surface area contributed by atoms with Crippen molar-refractivity contribution in [1.82, 2.24) is 4.90 Å². The first kappa shape index (κ1) is 23.0. The van der Waals surface area contributed by atoms with Gasteiger partial charge in [-0.05, 0) is 57.4 Å². The standard InChI is InChI=1S/C23H33NO8/c1-12(25)17-19-15-10-7-11-16(29-3)18(15)20(24(19)21(17)26)22(27)30-13(2)31-23(28)32-14-8-5-4-6-9-14/h12-17,19,25H,4-11H2,1-3H3/t12?,13?,15-,16-,17+,19+/m0/s1. The summed E-state index contributed by atoms with van der Waals surface area (Å²) in [5.41, 5.74) is 0.923. The lowest BCUT2D eigenvalue weighted by Crippen LogP contribution is -2.64. The van der Waals surface area contributed by atoms with E-state index in [1.165, 1.54) is 11.8 Å². The third kappa shape index (κ3) is 4.12. The number of fused-ring (bicyclic) bond motifs is 3. The zero-order valence-corrected chi connectivity index (χ0v) is 19.0. The molecule has 2 heterocycles. The molecule has 4 rings (SSSR count). The first-order chi connectivity index (χ1) is 15.3. The highest BCUT2D eigenvalue weighted by Gasteiger charge is 2.62. The van der Waals surface area contributed by atoms with Crippen LogP contribution >= 0.6 is 0 Å². The Labute approximate surface area is 188 Å². The van der Waals surface area contributed by atoms with Crippen LogP contribution in [0, 0.1) is 11.8 Å². The minimum absolute atomic E-state index is 0.0546. The topological polar surface area (TPSA) is 112 Å². The minimum Gasteiger partial charge on any atom is -0.431 e. The molecule has 9 heteroatoms. The van der Waals surface area contributed by atoms with E-state index < -0.39 is 30.4 Å². The van der Waals surface area contributed by atoms with Crippen LogP contribution in [-0.2, 0) is 28.5 Å². The van der Waals surface area contributed by atoms with Crippen molar-refractivity contribution >= 4 is 18.0 Å². The summed E-state index contributed by atoms with van der Waals surface area (Å²) in [6, 6.07) is -0.273. The van der Waals surface area contributed by atoms with Gasteiger partial charge in [-0.25, -0.2) is 9.59 Å². The summed E-state index contributed by atoms with van der Waals surface area (Å²) in [4.78, 5) is 39.5. The molecule has 2 aliphatic heterocycles. The van der Waals surface area contributed by atoms with Gasteiger partial charge in [-0.3, -0.25) is 4.79 Å². The van der Waals surface area contributed by atoms with Gasteiger partial charge in [0.2, 0.25) is 12.2 Å². The number of aliphatic hydroxyl groups is 1. The fourth-order valence-corrected chi connectivity index (χ4v) is 5.78. The summed E-state index contributed by atoms with van der Waals surface area (Å²) < 4.78 is 21.5. The number of methoxy groups -OCH3 is 1. The highest BCUT2D eigenvalue weighted by Crippen LogP contribution is 2.52. The molecule has 2 aliphatic carbocycles. The van der Waals surface area contributed by atoms with E-state index in [2.05, 4.69) is 0 Å². The Bertz CT molecular complexity index is 787. The van der Waals surface area contributed by atoms with Gasteiger partial charge >= 0.3 is 12.1 Å². The van der Waals surface area contributed by atoms with Gasteiger partial charge < -0.3 is 29.0 Å². The summed E-state index contributed by atoms with van der Waals surface area (Å²) in [6.07, 6.45) is 3.94. The Morgan fingerprint density at radius 2 is 1.75 bits per heavy atom. The second kappa shape index (κ2) is 9.39. The predicted octanol–water partition coefficient (Wildman–Crippen LogP) is 2.65. The van der Waals surface area contributed by atoms with E-state index in [0.29, 0.717) is 0 Å². The lowest BCUT2D eigenvalue weighted by molar-refractivity contribution is -0.174. The number of carbonyl (C=O) groups excluding carboxylic acids is 3. The van der Waals surface area contributed by atoms with Crippen molar-refractivity contribution in [3.63, 3.8) is 0 Å². The Morgan fingerprint density at radius 3 is 2.41 bits per heavy atom. The van der Waals surface area contributed by atoms with E-state index >= 15 is 0 Å². The maximum absolute atomic E-state index is 13.1. The molecule has 1 amide bonds. The molecule has 32 heavy (non-hydrogen) atoms. The summed E-state index contributed by atoms with van der Waals surface area (Å²) in [5.74, 6) is -1.62. The molecular weight excluding hydrogens is 418 g/mol. The van der Waals surface area contributed by atoms with Gasteiger partial charge in [-0.1, -0.05) is 6.42 Å². The van der Waals surface area contributed by atoms with E-state index in [9.17, 15) is 19.5 Å². The molecular formula is C23H33NO8. The van der Waals surface area contributed by atoms with Crippen LogP contribution in [0.5, 0.6) is 0 Å². The normalized spacial score (nSPS) is 31.9. The predicted molar refractivity (Wildman–Crippen MR) is 111 cm³/mol. The first-order valence-electron chi connectivity index (χ1n) is 11.7. The molecule has 1 saturated heterocycles. The van der Waals surface area contributed by atoms with Gasteiger partial charge in [0.25, 0.3) is 0 Å². The molecule has 0 aromatic carbocycles. The van der Waals surface area contributed by atoms with E-state index in [1.807, 2.05) is 0 Å².